The van der Waals surface area contributed by atoms with Crippen LogP contribution in [-0.4, -0.2) is 22.5 Å². The van der Waals surface area contributed by atoms with Gasteiger partial charge in [-0.15, -0.1) is 0 Å². The van der Waals surface area contributed by atoms with Crippen molar-refractivity contribution < 1.29 is 23.5 Å². The molecule has 1 aromatic heterocycles. The lowest BCUT2D eigenvalue weighted by atomic mass is 10.5. The van der Waals surface area contributed by atoms with Gasteiger partial charge in [0.1, 0.15) is 6.26 Å². The first-order chi connectivity index (χ1) is 6.15. The summed E-state index contributed by atoms with van der Waals surface area (Å²) in [5.41, 5.74) is 4.75. The van der Waals surface area contributed by atoms with Crippen LogP contribution in [0.15, 0.2) is 10.7 Å². The first-order valence-corrected chi connectivity index (χ1v) is 3.03. The molecule has 1 rings (SSSR count). The summed E-state index contributed by atoms with van der Waals surface area (Å²) in [5, 5.41) is 6.89. The number of aromatic nitrogens is 1. The fourth-order valence-corrected chi connectivity index (χ4v) is 0.485. The van der Waals surface area contributed by atoms with E-state index in [9.17, 15) is 9.18 Å². The second-order valence-corrected chi connectivity index (χ2v) is 1.73. The van der Waals surface area contributed by atoms with Gasteiger partial charge in [-0.1, -0.05) is 0 Å². The SMILES string of the molecule is NC(=O)c1coc(CF)n1.O=CO. The van der Waals surface area contributed by atoms with Crippen LogP contribution in [0.4, 0.5) is 4.39 Å². The van der Waals surface area contributed by atoms with Gasteiger partial charge in [0.15, 0.2) is 12.4 Å². The number of hydrogen-bond acceptors (Lipinski definition) is 4. The lowest BCUT2D eigenvalue weighted by Crippen LogP contribution is -2.11. The van der Waals surface area contributed by atoms with E-state index in [4.69, 9.17) is 15.6 Å². The van der Waals surface area contributed by atoms with Crippen LogP contribution < -0.4 is 5.73 Å². The Balaban J connectivity index is 0.000000424. The number of amides is 1. The highest BCUT2D eigenvalue weighted by molar-refractivity contribution is 5.90. The topological polar surface area (TPSA) is 106 Å². The molecule has 0 unspecified atom stereocenters. The predicted octanol–water partition coefficient (Wildman–Crippen LogP) is -0.0562. The summed E-state index contributed by atoms with van der Waals surface area (Å²) in [6, 6.07) is 0. The van der Waals surface area contributed by atoms with E-state index >= 15 is 0 Å². The number of halogens is 1. The summed E-state index contributed by atoms with van der Waals surface area (Å²) in [6.45, 7) is -1.08. The second-order valence-electron chi connectivity index (χ2n) is 1.73. The number of hydrogen-bond donors (Lipinski definition) is 2. The van der Waals surface area contributed by atoms with Gasteiger partial charge in [-0.2, -0.15) is 0 Å². The maximum Gasteiger partial charge on any atom is 0.290 e. The van der Waals surface area contributed by atoms with E-state index < -0.39 is 12.6 Å². The molecule has 0 aliphatic rings. The zero-order valence-corrected chi connectivity index (χ0v) is 6.44. The Morgan fingerprint density at radius 3 is 2.62 bits per heavy atom. The third-order valence-corrected chi connectivity index (χ3v) is 0.919. The minimum atomic E-state index is -0.826. The standard InChI is InChI=1S/C5H5FN2O2.CH2O2/c6-1-4-8-3(2-10-4)5(7)9;2-1-3/h2H,1H2,(H2,7,9);1H,(H,2,3). The number of primary amides is 1. The van der Waals surface area contributed by atoms with Crippen LogP contribution in [0.25, 0.3) is 0 Å². The van der Waals surface area contributed by atoms with E-state index in [0.29, 0.717) is 0 Å². The minimum absolute atomic E-state index is 0.0485. The molecule has 1 amide bonds. The van der Waals surface area contributed by atoms with E-state index in [1.807, 2.05) is 0 Å². The molecule has 0 bridgehead atoms. The van der Waals surface area contributed by atoms with Gasteiger partial charge < -0.3 is 15.3 Å². The quantitative estimate of drug-likeness (QED) is 0.635. The Hall–Kier alpha value is -1.92. The number of rotatable bonds is 2. The average molecular weight is 190 g/mol. The van der Waals surface area contributed by atoms with Gasteiger partial charge in [-0.05, 0) is 0 Å². The Morgan fingerprint density at radius 1 is 1.85 bits per heavy atom. The van der Waals surface area contributed by atoms with Crippen molar-refractivity contribution in [1.82, 2.24) is 4.98 Å². The number of carbonyl (C=O) groups excluding carboxylic acids is 1. The van der Waals surface area contributed by atoms with Gasteiger partial charge in [0.2, 0.25) is 5.89 Å². The molecule has 0 aliphatic carbocycles. The average Bonchev–Trinajstić information content (AvgIpc) is 2.53. The summed E-state index contributed by atoms with van der Waals surface area (Å²) in [5.74, 6) is -0.850. The van der Waals surface area contributed by atoms with Crippen molar-refractivity contribution >= 4 is 12.4 Å². The largest absolute Gasteiger partial charge is 0.483 e. The number of oxazole rings is 1. The minimum Gasteiger partial charge on any atom is -0.483 e. The lowest BCUT2D eigenvalue weighted by molar-refractivity contribution is -0.122. The van der Waals surface area contributed by atoms with Crippen LogP contribution in [0.5, 0.6) is 0 Å². The maximum absolute atomic E-state index is 11.7. The molecule has 13 heavy (non-hydrogen) atoms. The second kappa shape index (κ2) is 5.70. The lowest BCUT2D eigenvalue weighted by Gasteiger charge is -1.79. The van der Waals surface area contributed by atoms with Crippen molar-refractivity contribution in [3.63, 3.8) is 0 Å². The summed E-state index contributed by atoms with van der Waals surface area (Å²) in [6.07, 6.45) is 1.03. The van der Waals surface area contributed by atoms with Crippen LogP contribution in [0.1, 0.15) is 16.4 Å². The summed E-state index contributed by atoms with van der Waals surface area (Å²) in [4.78, 5) is 22.1. The fraction of sp³-hybridized carbons (Fsp3) is 0.167. The molecule has 1 aromatic rings. The van der Waals surface area contributed by atoms with Crippen LogP contribution >= 0.6 is 0 Å². The molecule has 0 saturated heterocycles. The molecular formula is C6H7FN2O4. The van der Waals surface area contributed by atoms with Crippen LogP contribution in [0, 0.1) is 0 Å². The Kier molecular flexibility index (Phi) is 4.85. The van der Waals surface area contributed by atoms with Gasteiger partial charge in [0.25, 0.3) is 12.4 Å². The van der Waals surface area contributed by atoms with Gasteiger partial charge >= 0.3 is 0 Å². The molecular weight excluding hydrogens is 183 g/mol. The molecule has 0 aromatic carbocycles. The molecule has 0 fully saturated rings. The number of alkyl halides is 1. The Morgan fingerprint density at radius 2 is 2.38 bits per heavy atom. The molecule has 3 N–H and O–H groups in total. The summed E-state index contributed by atoms with van der Waals surface area (Å²) in [7, 11) is 0. The van der Waals surface area contributed by atoms with E-state index in [2.05, 4.69) is 9.40 Å². The molecule has 0 atom stereocenters. The van der Waals surface area contributed by atoms with E-state index in [1.54, 1.807) is 0 Å². The maximum atomic E-state index is 11.7. The third-order valence-electron chi connectivity index (χ3n) is 0.919. The van der Waals surface area contributed by atoms with E-state index in [-0.39, 0.29) is 18.1 Å². The number of carbonyl (C=O) groups is 2. The van der Waals surface area contributed by atoms with Gasteiger partial charge in [-0.3, -0.25) is 9.59 Å². The molecule has 1 heterocycles. The molecule has 0 radical (unpaired) electrons. The van der Waals surface area contributed by atoms with Crippen molar-refractivity contribution in [1.29, 1.82) is 0 Å². The molecule has 72 valence electrons. The van der Waals surface area contributed by atoms with Gasteiger partial charge in [0, 0.05) is 0 Å². The Labute approximate surface area is 72.2 Å². The zero-order valence-electron chi connectivity index (χ0n) is 6.44. The normalized spacial score (nSPS) is 8.38. The highest BCUT2D eigenvalue weighted by atomic mass is 19.1. The third kappa shape index (κ3) is 3.85. The van der Waals surface area contributed by atoms with Crippen molar-refractivity contribution in [2.24, 2.45) is 5.73 Å². The van der Waals surface area contributed by atoms with Crippen molar-refractivity contribution in [3.8, 4) is 0 Å². The fourth-order valence-electron chi connectivity index (χ4n) is 0.485. The van der Waals surface area contributed by atoms with Gasteiger partial charge in [0.05, 0.1) is 0 Å². The van der Waals surface area contributed by atoms with Crippen molar-refractivity contribution in [3.05, 3.63) is 17.8 Å². The first kappa shape index (κ1) is 11.1. The van der Waals surface area contributed by atoms with E-state index in [1.165, 1.54) is 0 Å². The summed E-state index contributed by atoms with van der Waals surface area (Å²) >= 11 is 0. The number of carboxylic acid groups (broad SMARTS) is 1. The predicted molar refractivity (Wildman–Crippen MR) is 38.5 cm³/mol. The number of nitrogens with two attached hydrogens (primary N) is 1. The molecule has 0 aliphatic heterocycles. The van der Waals surface area contributed by atoms with Crippen LogP contribution in [0.2, 0.25) is 0 Å². The number of nitrogens with zero attached hydrogens (tertiary/aromatic N) is 1. The molecule has 0 spiro atoms. The summed E-state index contributed by atoms with van der Waals surface area (Å²) < 4.78 is 16.2. The molecule has 0 saturated carbocycles. The van der Waals surface area contributed by atoms with Gasteiger partial charge in [-0.25, -0.2) is 9.37 Å². The Bertz CT molecular complexity index is 286. The van der Waals surface area contributed by atoms with E-state index in [0.717, 1.165) is 6.26 Å². The zero-order chi connectivity index (χ0) is 10.3. The van der Waals surface area contributed by atoms with Crippen molar-refractivity contribution in [2.45, 2.75) is 6.67 Å². The molecule has 6 nitrogen and oxygen atoms in total. The monoisotopic (exact) mass is 190 g/mol. The van der Waals surface area contributed by atoms with Crippen LogP contribution in [-0.2, 0) is 11.5 Å². The molecule has 7 heteroatoms. The highest BCUT2D eigenvalue weighted by Gasteiger charge is 2.06. The first-order valence-electron chi connectivity index (χ1n) is 3.03. The van der Waals surface area contributed by atoms with Crippen molar-refractivity contribution in [2.75, 3.05) is 0 Å². The highest BCUT2D eigenvalue weighted by Crippen LogP contribution is 2.01. The van der Waals surface area contributed by atoms with Crippen LogP contribution in [0.3, 0.4) is 0 Å². The smallest absolute Gasteiger partial charge is 0.290 e.